The van der Waals surface area contributed by atoms with Crippen molar-refractivity contribution in [3.8, 4) is 5.88 Å². The van der Waals surface area contributed by atoms with Crippen LogP contribution in [0, 0.1) is 0 Å². The minimum Gasteiger partial charge on any atom is -0.451 e. The Balaban J connectivity index is 1.20. The van der Waals surface area contributed by atoms with Crippen LogP contribution >= 0.6 is 57.7 Å². The first-order chi connectivity index (χ1) is 19.0. The molecule has 1 saturated heterocycles. The van der Waals surface area contributed by atoms with Gasteiger partial charge in [0, 0.05) is 47.6 Å². The second kappa shape index (κ2) is 12.0. The molecule has 0 amide bonds. The molecular weight excluding hydrogens is 635 g/mol. The van der Waals surface area contributed by atoms with E-state index in [1.165, 1.54) is 11.3 Å². The average molecular weight is 654 g/mol. The van der Waals surface area contributed by atoms with Gasteiger partial charge in [-0.2, -0.15) is 13.2 Å². The minimum atomic E-state index is -4.74. The molecule has 2 aliphatic heterocycles. The molecule has 1 aromatic carbocycles. The van der Waals surface area contributed by atoms with Crippen molar-refractivity contribution in [3.63, 3.8) is 0 Å². The highest BCUT2D eigenvalue weighted by Gasteiger charge is 2.38. The number of oxime groups is 1. The predicted molar refractivity (Wildman–Crippen MR) is 147 cm³/mol. The number of carbonyl (C=O) groups is 1. The van der Waals surface area contributed by atoms with E-state index in [1.54, 1.807) is 17.0 Å². The number of aldehydes is 1. The van der Waals surface area contributed by atoms with E-state index in [0.717, 1.165) is 17.3 Å². The summed E-state index contributed by atoms with van der Waals surface area (Å²) >= 11 is 25.8. The van der Waals surface area contributed by atoms with Crippen LogP contribution in [-0.2, 0) is 15.8 Å². The molecule has 0 saturated carbocycles. The maximum absolute atomic E-state index is 13.4. The molecule has 15 heteroatoms. The van der Waals surface area contributed by atoms with Crippen molar-refractivity contribution in [2.45, 2.75) is 43.7 Å². The lowest BCUT2D eigenvalue weighted by molar-refractivity contribution is -0.142. The van der Waals surface area contributed by atoms with Crippen LogP contribution in [0.1, 0.15) is 53.1 Å². The molecule has 2 aliphatic rings. The summed E-state index contributed by atoms with van der Waals surface area (Å²) in [5, 5.41) is 8.01. The van der Waals surface area contributed by atoms with Crippen LogP contribution in [0.3, 0.4) is 0 Å². The van der Waals surface area contributed by atoms with Gasteiger partial charge < -0.3 is 9.57 Å². The van der Waals surface area contributed by atoms with Gasteiger partial charge in [-0.05, 0) is 31.0 Å². The number of benzene rings is 1. The number of nitrogens with zero attached hydrogens (tertiary/aromatic N) is 4. The first kappa shape index (κ1) is 29.3. The van der Waals surface area contributed by atoms with Crippen molar-refractivity contribution in [1.82, 2.24) is 14.9 Å². The molecule has 2 aromatic heterocycles. The first-order valence-electron chi connectivity index (χ1n) is 11.9. The number of carbonyl (C=O) groups excluding carboxylic acids is 1. The van der Waals surface area contributed by atoms with Crippen molar-refractivity contribution in [1.29, 1.82) is 0 Å². The molecule has 40 heavy (non-hydrogen) atoms. The molecular formula is C25H19Cl4F3N4O3S. The molecule has 3 aromatic rings. The van der Waals surface area contributed by atoms with Gasteiger partial charge in [0.2, 0.25) is 12.1 Å². The zero-order valence-electron chi connectivity index (χ0n) is 20.3. The van der Waals surface area contributed by atoms with Gasteiger partial charge in [-0.25, -0.2) is 9.97 Å². The number of likely N-dealkylation sites (tertiary alicyclic amines) is 1. The third-order valence-corrected chi connectivity index (χ3v) is 8.62. The quantitative estimate of drug-likeness (QED) is 0.242. The number of piperidine rings is 1. The maximum atomic E-state index is 13.4. The fourth-order valence-corrected chi connectivity index (χ4v) is 6.80. The molecule has 5 rings (SSSR count). The second-order valence-electron chi connectivity index (χ2n) is 9.15. The Morgan fingerprint density at radius 1 is 1.10 bits per heavy atom. The van der Waals surface area contributed by atoms with Crippen LogP contribution in [0.2, 0.25) is 20.1 Å². The Morgan fingerprint density at radius 2 is 1.80 bits per heavy atom. The smallest absolute Gasteiger partial charge is 0.421 e. The monoisotopic (exact) mass is 652 g/mol. The fraction of sp³-hybridized carbons (Fsp3) is 0.360. The zero-order chi connectivity index (χ0) is 28.6. The molecule has 0 bridgehead atoms. The molecule has 4 heterocycles. The van der Waals surface area contributed by atoms with Crippen LogP contribution < -0.4 is 4.74 Å². The summed E-state index contributed by atoms with van der Waals surface area (Å²) in [4.78, 5) is 27.5. The highest BCUT2D eigenvalue weighted by Crippen LogP contribution is 2.41. The molecule has 7 nitrogen and oxygen atoms in total. The van der Waals surface area contributed by atoms with Crippen molar-refractivity contribution in [2.75, 3.05) is 13.1 Å². The first-order valence-corrected chi connectivity index (χ1v) is 14.3. The normalized spacial score (nSPS) is 19.3. The molecule has 0 N–H and O–H groups in total. The molecule has 0 aliphatic carbocycles. The number of halogens is 7. The van der Waals surface area contributed by atoms with Gasteiger partial charge in [0.05, 0.1) is 25.8 Å². The average Bonchev–Trinajstić information content (AvgIpc) is 3.57. The maximum Gasteiger partial charge on any atom is 0.421 e. The largest absolute Gasteiger partial charge is 0.451 e. The van der Waals surface area contributed by atoms with Gasteiger partial charge in [-0.3, -0.25) is 9.69 Å². The Kier molecular flexibility index (Phi) is 8.80. The summed E-state index contributed by atoms with van der Waals surface area (Å²) < 4.78 is 45.6. The molecule has 0 spiro atoms. The lowest BCUT2D eigenvalue weighted by Crippen LogP contribution is -2.45. The fourth-order valence-electron chi connectivity index (χ4n) is 4.58. The summed E-state index contributed by atoms with van der Waals surface area (Å²) in [5.41, 5.74) is 0.821. The third kappa shape index (κ3) is 6.34. The Labute approximate surface area is 250 Å². The van der Waals surface area contributed by atoms with Crippen LogP contribution in [0.15, 0.2) is 34.9 Å². The molecule has 1 fully saturated rings. The van der Waals surface area contributed by atoms with Crippen molar-refractivity contribution in [3.05, 3.63) is 71.7 Å². The van der Waals surface area contributed by atoms with Crippen LogP contribution in [0.4, 0.5) is 13.2 Å². The Morgan fingerprint density at radius 3 is 2.45 bits per heavy atom. The summed E-state index contributed by atoms with van der Waals surface area (Å²) in [6.45, 7) is 0.829. The van der Waals surface area contributed by atoms with Crippen LogP contribution in [0.5, 0.6) is 5.88 Å². The van der Waals surface area contributed by atoms with E-state index in [0.29, 0.717) is 70.7 Å². The number of rotatable bonds is 7. The van der Waals surface area contributed by atoms with Gasteiger partial charge in [-0.1, -0.05) is 51.6 Å². The van der Waals surface area contributed by atoms with E-state index in [2.05, 4.69) is 10.1 Å². The number of thiazole rings is 1. The predicted octanol–water partition coefficient (Wildman–Crippen LogP) is 7.82. The zero-order valence-corrected chi connectivity index (χ0v) is 24.1. The summed E-state index contributed by atoms with van der Waals surface area (Å²) in [6.07, 6.45) is -3.24. The SMILES string of the molecule is O=CC(Oc1ncc(Cl)cc1C(F)(F)F)N1CCC(c2nc(C3=NO[C@@H](c4c(Cl)cc(Cl)cc4Cl)C3)cs2)CC1. The standard InChI is InChI=1S/C25H19Cl4F3N4O3S/c26-13-6-16(28)22(17(29)7-13)20-8-18(35-39-20)19-11-40-24(34-19)12-1-3-36(4-2-12)21(10-37)38-23-15(25(30,31)32)5-14(27)9-33-23/h5-7,9-12,20-21H,1-4,8H2/t20-,21?/m1/s1. The molecule has 2 atom stereocenters. The third-order valence-electron chi connectivity index (χ3n) is 6.56. The Hall–Kier alpha value is -2.15. The lowest BCUT2D eigenvalue weighted by atomic mass is 9.97. The van der Waals surface area contributed by atoms with Gasteiger partial charge in [0.25, 0.3) is 0 Å². The summed E-state index contributed by atoms with van der Waals surface area (Å²) in [5.74, 6) is -0.597. The number of hydrogen-bond acceptors (Lipinski definition) is 8. The molecule has 212 valence electrons. The summed E-state index contributed by atoms with van der Waals surface area (Å²) in [7, 11) is 0. The van der Waals surface area contributed by atoms with Crippen LogP contribution in [-0.4, -0.2) is 46.2 Å². The summed E-state index contributed by atoms with van der Waals surface area (Å²) in [6, 6.07) is 3.92. The van der Waals surface area contributed by atoms with Crippen LogP contribution in [0.25, 0.3) is 0 Å². The Bertz CT molecular complexity index is 1420. The highest BCUT2D eigenvalue weighted by atomic mass is 35.5. The van der Waals surface area contributed by atoms with Gasteiger partial charge in [-0.15, -0.1) is 11.3 Å². The van der Waals surface area contributed by atoms with Gasteiger partial charge in [0.1, 0.15) is 11.3 Å². The van der Waals surface area contributed by atoms with E-state index < -0.39 is 30.0 Å². The van der Waals surface area contributed by atoms with Gasteiger partial charge in [0.15, 0.2) is 12.4 Å². The number of alkyl halides is 3. The van der Waals surface area contributed by atoms with E-state index in [-0.39, 0.29) is 10.9 Å². The molecule has 1 unspecified atom stereocenters. The highest BCUT2D eigenvalue weighted by molar-refractivity contribution is 7.10. The van der Waals surface area contributed by atoms with Gasteiger partial charge >= 0.3 is 6.18 Å². The topological polar surface area (TPSA) is 76.9 Å². The van der Waals surface area contributed by atoms with E-state index in [1.807, 2.05) is 5.38 Å². The van der Waals surface area contributed by atoms with Crippen molar-refractivity contribution in [2.24, 2.45) is 5.16 Å². The minimum absolute atomic E-state index is 0.0977. The van der Waals surface area contributed by atoms with Crippen molar-refractivity contribution >= 4 is 69.7 Å². The van der Waals surface area contributed by atoms with Crippen molar-refractivity contribution < 1.29 is 27.5 Å². The number of pyridine rings is 1. The number of aromatic nitrogens is 2. The number of ether oxygens (including phenoxy) is 1. The number of hydrogen-bond donors (Lipinski definition) is 0. The molecule has 0 radical (unpaired) electrons. The van der Waals surface area contributed by atoms with E-state index in [9.17, 15) is 18.0 Å². The van der Waals surface area contributed by atoms with E-state index in [4.69, 9.17) is 61.0 Å². The van der Waals surface area contributed by atoms with E-state index >= 15 is 0 Å². The lowest BCUT2D eigenvalue weighted by Gasteiger charge is -2.34. The second-order valence-corrected chi connectivity index (χ2v) is 11.7.